The summed E-state index contributed by atoms with van der Waals surface area (Å²) in [5.41, 5.74) is 7.26. The topological polar surface area (TPSA) is 3.24 Å². The van der Waals surface area contributed by atoms with Gasteiger partial charge in [0.05, 0.1) is 0 Å². The third-order valence-electron chi connectivity index (χ3n) is 2.39. The third-order valence-corrected chi connectivity index (χ3v) is 2.39. The second kappa shape index (κ2) is 2.69. The fraction of sp³-hybridized carbons (Fsp3) is 0.364. The van der Waals surface area contributed by atoms with Gasteiger partial charge in [0.25, 0.3) is 0 Å². The zero-order valence-corrected chi connectivity index (χ0v) is 7.59. The van der Waals surface area contributed by atoms with E-state index in [4.69, 9.17) is 0 Å². The van der Waals surface area contributed by atoms with Gasteiger partial charge >= 0.3 is 0 Å². The summed E-state index contributed by atoms with van der Waals surface area (Å²) in [4.78, 5) is 2.30. The van der Waals surface area contributed by atoms with Gasteiger partial charge < -0.3 is 4.90 Å². The molecular weight excluding hydrogens is 146 g/mol. The van der Waals surface area contributed by atoms with Crippen LogP contribution in [0, 0.1) is 0 Å². The second-order valence-electron chi connectivity index (χ2n) is 3.43. The number of rotatable bonds is 0. The van der Waals surface area contributed by atoms with Crippen LogP contribution in [0.1, 0.15) is 13.3 Å². The first-order valence-electron chi connectivity index (χ1n) is 4.32. The predicted molar refractivity (Wildman–Crippen MR) is 50.7 cm³/mol. The fourth-order valence-corrected chi connectivity index (χ4v) is 1.66. The van der Waals surface area contributed by atoms with Crippen molar-refractivity contribution >= 4 is 0 Å². The standard InChI is InChI=1S/C11H13N/c1-9-4-3-5-10-6-7-12(2)11(10)8-9/h4-5,8H,6-7H2,1-2H3. The van der Waals surface area contributed by atoms with Crippen LogP contribution < -0.4 is 0 Å². The normalized spacial score (nSPS) is 21.2. The minimum absolute atomic E-state index is 1.15. The van der Waals surface area contributed by atoms with Crippen LogP contribution in [-0.2, 0) is 0 Å². The summed E-state index contributed by atoms with van der Waals surface area (Å²) in [5, 5.41) is 0. The highest BCUT2D eigenvalue weighted by molar-refractivity contribution is 5.41. The highest BCUT2D eigenvalue weighted by Gasteiger charge is 2.15. The first-order chi connectivity index (χ1) is 5.77. The second-order valence-corrected chi connectivity index (χ2v) is 3.43. The highest BCUT2D eigenvalue weighted by Crippen LogP contribution is 2.25. The molecule has 0 N–H and O–H groups in total. The predicted octanol–water partition coefficient (Wildman–Crippen LogP) is 2.25. The molecule has 1 nitrogen and oxygen atoms in total. The maximum atomic E-state index is 3.19. The lowest BCUT2D eigenvalue weighted by molar-refractivity contribution is 0.471. The van der Waals surface area contributed by atoms with E-state index in [-0.39, 0.29) is 0 Å². The first-order valence-corrected chi connectivity index (χ1v) is 4.32. The molecule has 0 atom stereocenters. The quantitative estimate of drug-likeness (QED) is 0.490. The van der Waals surface area contributed by atoms with Crippen LogP contribution in [0.5, 0.6) is 0 Å². The van der Waals surface area contributed by atoms with Crippen molar-refractivity contribution in [3.05, 3.63) is 40.8 Å². The lowest BCUT2D eigenvalue weighted by Crippen LogP contribution is -2.11. The molecule has 1 aliphatic heterocycles. The molecule has 0 saturated carbocycles. The van der Waals surface area contributed by atoms with Gasteiger partial charge in [-0.15, -0.1) is 5.73 Å². The third kappa shape index (κ3) is 1.13. The van der Waals surface area contributed by atoms with E-state index >= 15 is 0 Å². The Kier molecular flexibility index (Phi) is 1.67. The average molecular weight is 159 g/mol. The Morgan fingerprint density at radius 3 is 3.08 bits per heavy atom. The van der Waals surface area contributed by atoms with Crippen LogP contribution in [-0.4, -0.2) is 18.5 Å². The minimum Gasteiger partial charge on any atom is -0.374 e. The van der Waals surface area contributed by atoms with Crippen LogP contribution in [0.3, 0.4) is 0 Å². The van der Waals surface area contributed by atoms with Crippen LogP contribution in [0.25, 0.3) is 0 Å². The molecule has 2 aliphatic rings. The van der Waals surface area contributed by atoms with Gasteiger partial charge in [-0.1, -0.05) is 0 Å². The summed E-state index contributed by atoms with van der Waals surface area (Å²) in [5.74, 6) is 0. The van der Waals surface area contributed by atoms with Crippen molar-refractivity contribution in [2.24, 2.45) is 0 Å². The van der Waals surface area contributed by atoms with E-state index in [0.29, 0.717) is 0 Å². The van der Waals surface area contributed by atoms with Crippen LogP contribution in [0.2, 0.25) is 0 Å². The van der Waals surface area contributed by atoms with E-state index in [1.165, 1.54) is 16.8 Å². The monoisotopic (exact) mass is 159 g/mol. The Balaban J connectivity index is 2.47. The number of hydrogen-bond acceptors (Lipinski definition) is 1. The molecule has 2 rings (SSSR count). The SMILES string of the molecule is CC1=CC2=C(C=C=C1)CCN2C. The van der Waals surface area contributed by atoms with Crippen molar-refractivity contribution in [3.8, 4) is 0 Å². The van der Waals surface area contributed by atoms with E-state index in [1.54, 1.807) is 0 Å². The van der Waals surface area contributed by atoms with Gasteiger partial charge in [0, 0.05) is 19.3 Å². The lowest BCUT2D eigenvalue weighted by Gasteiger charge is -2.12. The molecule has 0 aromatic carbocycles. The highest BCUT2D eigenvalue weighted by atomic mass is 15.1. The summed E-state index contributed by atoms with van der Waals surface area (Å²) < 4.78 is 0. The molecule has 0 bridgehead atoms. The molecule has 0 spiro atoms. The fourth-order valence-electron chi connectivity index (χ4n) is 1.66. The summed E-state index contributed by atoms with van der Waals surface area (Å²) in [6, 6.07) is 0. The van der Waals surface area contributed by atoms with Gasteiger partial charge in [-0.25, -0.2) is 0 Å². The first kappa shape index (κ1) is 7.45. The van der Waals surface area contributed by atoms with E-state index in [9.17, 15) is 0 Å². The summed E-state index contributed by atoms with van der Waals surface area (Å²) >= 11 is 0. The lowest BCUT2D eigenvalue weighted by atomic mass is 10.2. The van der Waals surface area contributed by atoms with Crippen molar-refractivity contribution in [2.75, 3.05) is 13.6 Å². The van der Waals surface area contributed by atoms with Gasteiger partial charge in [0.15, 0.2) is 0 Å². The number of allylic oxidation sites excluding steroid dienone is 3. The Labute approximate surface area is 73.4 Å². The zero-order valence-electron chi connectivity index (χ0n) is 7.59. The maximum absolute atomic E-state index is 3.19. The van der Waals surface area contributed by atoms with Crippen molar-refractivity contribution < 1.29 is 0 Å². The Morgan fingerprint density at radius 1 is 1.42 bits per heavy atom. The molecule has 0 amide bonds. The van der Waals surface area contributed by atoms with Gasteiger partial charge in [0.2, 0.25) is 0 Å². The van der Waals surface area contributed by atoms with Crippen LogP contribution in [0.4, 0.5) is 0 Å². The molecular formula is C11H13N. The maximum Gasteiger partial charge on any atom is 0.0406 e. The average Bonchev–Trinajstić information content (AvgIpc) is 2.31. The molecule has 12 heavy (non-hydrogen) atoms. The van der Waals surface area contributed by atoms with Crippen molar-refractivity contribution in [2.45, 2.75) is 13.3 Å². The molecule has 1 heteroatoms. The molecule has 0 radical (unpaired) electrons. The number of likely N-dealkylation sites (N-methyl/N-ethyl adjacent to an activating group) is 1. The number of hydrogen-bond donors (Lipinski definition) is 0. The molecule has 0 fully saturated rings. The van der Waals surface area contributed by atoms with Crippen LogP contribution >= 0.6 is 0 Å². The van der Waals surface area contributed by atoms with E-state index in [1.807, 2.05) is 6.08 Å². The van der Waals surface area contributed by atoms with Gasteiger partial charge in [-0.3, -0.25) is 0 Å². The van der Waals surface area contributed by atoms with Gasteiger partial charge in [-0.2, -0.15) is 0 Å². The summed E-state index contributed by atoms with van der Waals surface area (Å²) in [6.07, 6.45) is 7.54. The van der Waals surface area contributed by atoms with Gasteiger partial charge in [0.1, 0.15) is 0 Å². The molecule has 1 aliphatic carbocycles. The Bertz CT molecular complexity index is 325. The Hall–Kier alpha value is -1.20. The zero-order chi connectivity index (χ0) is 8.55. The molecule has 1 heterocycles. The van der Waals surface area contributed by atoms with Crippen molar-refractivity contribution in [3.63, 3.8) is 0 Å². The van der Waals surface area contributed by atoms with E-state index < -0.39 is 0 Å². The summed E-state index contributed by atoms with van der Waals surface area (Å²) in [6.45, 7) is 3.26. The molecule has 0 unspecified atom stereocenters. The van der Waals surface area contributed by atoms with Crippen LogP contribution in [0.15, 0.2) is 40.8 Å². The molecule has 62 valence electrons. The minimum atomic E-state index is 1.15. The molecule has 0 saturated heterocycles. The van der Waals surface area contributed by atoms with Gasteiger partial charge in [-0.05, 0) is 42.7 Å². The summed E-state index contributed by atoms with van der Waals surface area (Å²) in [7, 11) is 2.14. The molecule has 0 aromatic rings. The van der Waals surface area contributed by atoms with Crippen molar-refractivity contribution in [1.29, 1.82) is 0 Å². The largest absolute Gasteiger partial charge is 0.374 e. The number of nitrogens with zero attached hydrogens (tertiary/aromatic N) is 1. The van der Waals surface area contributed by atoms with E-state index in [0.717, 1.165) is 13.0 Å². The molecule has 0 aromatic heterocycles. The Morgan fingerprint density at radius 2 is 2.25 bits per heavy atom. The van der Waals surface area contributed by atoms with Crippen molar-refractivity contribution in [1.82, 2.24) is 4.90 Å². The van der Waals surface area contributed by atoms with E-state index in [2.05, 4.69) is 36.8 Å². The smallest absolute Gasteiger partial charge is 0.0406 e.